The Morgan fingerprint density at radius 2 is 2.22 bits per heavy atom. The molecule has 0 aromatic heterocycles. The molecule has 0 aliphatic rings. The maximum atomic E-state index is 8.61. The van der Waals surface area contributed by atoms with Gasteiger partial charge < -0.3 is 20.4 Å². The van der Waals surface area contributed by atoms with E-state index in [-0.39, 0.29) is 5.84 Å². The van der Waals surface area contributed by atoms with Gasteiger partial charge in [-0.25, -0.2) is 0 Å². The van der Waals surface area contributed by atoms with Gasteiger partial charge in [0.05, 0.1) is 13.7 Å². The number of thioether (sulfide) groups is 1. The summed E-state index contributed by atoms with van der Waals surface area (Å²) in [6.07, 6.45) is 0. The third kappa shape index (κ3) is 4.03. The van der Waals surface area contributed by atoms with E-state index < -0.39 is 0 Å². The van der Waals surface area contributed by atoms with Crippen LogP contribution >= 0.6 is 11.8 Å². The number of nitrogens with two attached hydrogens (primary N) is 1. The zero-order chi connectivity index (χ0) is 13.4. The number of benzene rings is 1. The minimum atomic E-state index is 0.0430. The predicted molar refractivity (Wildman–Crippen MR) is 74.0 cm³/mol. The van der Waals surface area contributed by atoms with Crippen LogP contribution in [-0.2, 0) is 0 Å². The summed E-state index contributed by atoms with van der Waals surface area (Å²) in [4.78, 5) is 0. The minimum absolute atomic E-state index is 0.0430. The molecule has 0 saturated carbocycles. The second-order valence-corrected chi connectivity index (χ2v) is 4.79. The first-order valence-corrected chi connectivity index (χ1v) is 6.74. The molecule has 0 aliphatic heterocycles. The van der Waals surface area contributed by atoms with E-state index in [0.29, 0.717) is 23.7 Å². The summed E-state index contributed by atoms with van der Waals surface area (Å²) in [5.41, 5.74) is 6.10. The van der Waals surface area contributed by atoms with Crippen molar-refractivity contribution in [2.45, 2.75) is 6.92 Å². The molecule has 1 aromatic carbocycles. The van der Waals surface area contributed by atoms with Gasteiger partial charge in [-0.05, 0) is 24.0 Å². The van der Waals surface area contributed by atoms with Crippen LogP contribution in [0.2, 0.25) is 0 Å². The van der Waals surface area contributed by atoms with E-state index in [0.717, 1.165) is 11.5 Å². The lowest BCUT2D eigenvalue weighted by molar-refractivity contribution is 0.313. The van der Waals surface area contributed by atoms with Crippen molar-refractivity contribution in [1.29, 1.82) is 0 Å². The average molecular weight is 270 g/mol. The van der Waals surface area contributed by atoms with Gasteiger partial charge in [-0.2, -0.15) is 11.8 Å². The Kier molecular flexibility index (Phi) is 6.21. The normalized spacial score (nSPS) is 11.3. The van der Waals surface area contributed by atoms with Crippen LogP contribution in [0.15, 0.2) is 23.4 Å². The lowest BCUT2D eigenvalue weighted by atomic mass is 10.2. The summed E-state index contributed by atoms with van der Waals surface area (Å²) >= 11 is 1.81. The summed E-state index contributed by atoms with van der Waals surface area (Å²) < 4.78 is 10.8. The number of nitrogens with zero attached hydrogens (tertiary/aromatic N) is 1. The molecule has 1 aromatic rings. The quantitative estimate of drug-likeness (QED) is 0.260. The van der Waals surface area contributed by atoms with Gasteiger partial charge in [0, 0.05) is 11.3 Å². The van der Waals surface area contributed by atoms with E-state index in [4.69, 9.17) is 20.4 Å². The van der Waals surface area contributed by atoms with Gasteiger partial charge in [-0.1, -0.05) is 12.1 Å². The van der Waals surface area contributed by atoms with Crippen molar-refractivity contribution in [3.63, 3.8) is 0 Å². The molecule has 5 nitrogen and oxygen atoms in total. The zero-order valence-electron chi connectivity index (χ0n) is 10.5. The number of amidine groups is 1. The van der Waals surface area contributed by atoms with Crippen LogP contribution in [-0.4, -0.2) is 36.3 Å². The number of oxime groups is 1. The largest absolute Gasteiger partial charge is 0.493 e. The number of hydrogen-bond donors (Lipinski definition) is 2. The van der Waals surface area contributed by atoms with Crippen molar-refractivity contribution in [3.8, 4) is 11.5 Å². The molecular formula is C12H18N2O3S. The molecule has 0 unspecified atom stereocenters. The van der Waals surface area contributed by atoms with E-state index in [1.54, 1.807) is 25.3 Å². The van der Waals surface area contributed by atoms with Crippen LogP contribution in [0.1, 0.15) is 12.5 Å². The molecule has 18 heavy (non-hydrogen) atoms. The van der Waals surface area contributed by atoms with Crippen LogP contribution in [0.5, 0.6) is 11.5 Å². The number of methoxy groups -OCH3 is 1. The Bertz CT molecular complexity index is 410. The summed E-state index contributed by atoms with van der Waals surface area (Å²) in [5, 5.41) is 11.6. The van der Waals surface area contributed by atoms with E-state index in [9.17, 15) is 0 Å². The maximum Gasteiger partial charge on any atom is 0.170 e. The molecule has 0 saturated heterocycles. The highest BCUT2D eigenvalue weighted by Crippen LogP contribution is 2.28. The fraction of sp³-hybridized carbons (Fsp3) is 0.417. The first-order chi connectivity index (χ1) is 8.72. The Morgan fingerprint density at radius 1 is 1.44 bits per heavy atom. The van der Waals surface area contributed by atoms with Crippen molar-refractivity contribution >= 4 is 17.6 Å². The zero-order valence-corrected chi connectivity index (χ0v) is 11.4. The van der Waals surface area contributed by atoms with Crippen molar-refractivity contribution in [3.05, 3.63) is 23.8 Å². The molecule has 6 heteroatoms. The lowest BCUT2D eigenvalue weighted by Crippen LogP contribution is -2.13. The highest BCUT2D eigenvalue weighted by Gasteiger charge is 2.08. The minimum Gasteiger partial charge on any atom is -0.493 e. The van der Waals surface area contributed by atoms with Crippen LogP contribution in [0.4, 0.5) is 0 Å². The highest BCUT2D eigenvalue weighted by molar-refractivity contribution is 7.99. The Labute approximate surface area is 111 Å². The molecule has 0 fully saturated rings. The summed E-state index contributed by atoms with van der Waals surface area (Å²) in [6.45, 7) is 2.73. The van der Waals surface area contributed by atoms with Gasteiger partial charge in [-0.3, -0.25) is 0 Å². The molecule has 0 radical (unpaired) electrons. The topological polar surface area (TPSA) is 77.1 Å². The Morgan fingerprint density at radius 3 is 2.83 bits per heavy atom. The second-order valence-electron chi connectivity index (χ2n) is 3.40. The van der Waals surface area contributed by atoms with E-state index in [1.807, 2.05) is 11.8 Å². The first-order valence-electron chi connectivity index (χ1n) is 5.59. The van der Waals surface area contributed by atoms with Crippen LogP contribution in [0.3, 0.4) is 0 Å². The van der Waals surface area contributed by atoms with E-state index in [2.05, 4.69) is 12.1 Å². The second kappa shape index (κ2) is 7.71. The molecule has 0 spiro atoms. The van der Waals surface area contributed by atoms with E-state index in [1.165, 1.54) is 0 Å². The van der Waals surface area contributed by atoms with E-state index >= 15 is 0 Å². The molecule has 0 aliphatic carbocycles. The highest BCUT2D eigenvalue weighted by atomic mass is 32.2. The average Bonchev–Trinajstić information content (AvgIpc) is 2.42. The monoisotopic (exact) mass is 270 g/mol. The molecule has 3 N–H and O–H groups in total. The first kappa shape index (κ1) is 14.5. The molecule has 0 atom stereocenters. The Hall–Kier alpha value is -1.56. The molecule has 100 valence electrons. The lowest BCUT2D eigenvalue weighted by Gasteiger charge is -2.11. The standard InChI is InChI=1S/C12H18N2O3S/c1-3-18-7-6-17-10-5-4-9(12(13)14-15)8-11(10)16-2/h4-5,8,15H,3,6-7H2,1-2H3,(H2,13,14). The fourth-order valence-corrected chi connectivity index (χ4v) is 1.85. The van der Waals surface area contributed by atoms with Crippen LogP contribution in [0.25, 0.3) is 0 Å². The molecular weight excluding hydrogens is 252 g/mol. The number of ether oxygens (including phenoxy) is 2. The predicted octanol–water partition coefficient (Wildman–Crippen LogP) is 1.92. The smallest absolute Gasteiger partial charge is 0.170 e. The van der Waals surface area contributed by atoms with Crippen molar-refractivity contribution in [2.24, 2.45) is 10.9 Å². The molecule has 1 rings (SSSR count). The fourth-order valence-electron chi connectivity index (χ4n) is 1.36. The van der Waals surface area contributed by atoms with Gasteiger partial charge >= 0.3 is 0 Å². The third-order valence-electron chi connectivity index (χ3n) is 2.26. The third-order valence-corrected chi connectivity index (χ3v) is 3.12. The SMILES string of the molecule is CCSCCOc1ccc(/C(N)=N/O)cc1OC. The number of hydrogen-bond acceptors (Lipinski definition) is 5. The van der Waals surface area contributed by atoms with Gasteiger partial charge in [0.2, 0.25) is 0 Å². The van der Waals surface area contributed by atoms with Gasteiger partial charge in [0.25, 0.3) is 0 Å². The maximum absolute atomic E-state index is 8.61. The van der Waals surface area contributed by atoms with Gasteiger partial charge in [-0.15, -0.1) is 0 Å². The van der Waals surface area contributed by atoms with Gasteiger partial charge in [0.1, 0.15) is 0 Å². The summed E-state index contributed by atoms with van der Waals surface area (Å²) in [6, 6.07) is 5.15. The van der Waals surface area contributed by atoms with Crippen molar-refractivity contribution < 1.29 is 14.7 Å². The van der Waals surface area contributed by atoms with Gasteiger partial charge in [0.15, 0.2) is 17.3 Å². The molecule has 0 amide bonds. The van der Waals surface area contributed by atoms with Crippen LogP contribution < -0.4 is 15.2 Å². The van der Waals surface area contributed by atoms with Crippen LogP contribution in [0, 0.1) is 0 Å². The van der Waals surface area contributed by atoms with Crippen molar-refractivity contribution in [2.75, 3.05) is 25.2 Å². The Balaban J connectivity index is 2.74. The summed E-state index contributed by atoms with van der Waals surface area (Å²) in [7, 11) is 1.55. The number of rotatable bonds is 7. The van der Waals surface area contributed by atoms with Crippen molar-refractivity contribution in [1.82, 2.24) is 0 Å². The molecule has 0 heterocycles. The summed E-state index contributed by atoms with van der Waals surface area (Å²) in [5.74, 6) is 3.27. The molecule has 0 bridgehead atoms.